The first-order valence-electron chi connectivity index (χ1n) is 8.50. The van der Waals surface area contributed by atoms with Gasteiger partial charge in [-0.1, -0.05) is 12.1 Å². The molecule has 2 N–H and O–H groups in total. The van der Waals surface area contributed by atoms with Crippen molar-refractivity contribution < 1.29 is 14.3 Å². The number of anilines is 2. The lowest BCUT2D eigenvalue weighted by Gasteiger charge is -2.11. The van der Waals surface area contributed by atoms with Crippen molar-refractivity contribution in [3.63, 3.8) is 0 Å². The molecule has 5 nitrogen and oxygen atoms in total. The number of carbonyl (C=O) groups is 1. The van der Waals surface area contributed by atoms with E-state index in [4.69, 9.17) is 9.47 Å². The highest BCUT2D eigenvalue weighted by atomic mass is 16.5. The molecule has 0 aromatic heterocycles. The number of rotatable bonds is 9. The standard InChI is InChI=1S/C20H26N2O3/c1-4-24-10-11-25-19-7-5-6-17(13-19)21-14-20(23)22-18-9-8-15(2)16(3)12-18/h5-9,12-13,21H,4,10-11,14H2,1-3H3,(H,22,23). The van der Waals surface area contributed by atoms with Gasteiger partial charge >= 0.3 is 0 Å². The Morgan fingerprint density at radius 3 is 2.60 bits per heavy atom. The van der Waals surface area contributed by atoms with Gasteiger partial charge in [-0.25, -0.2) is 0 Å². The van der Waals surface area contributed by atoms with E-state index in [1.165, 1.54) is 5.56 Å². The zero-order valence-corrected chi connectivity index (χ0v) is 15.1. The number of hydrogen-bond acceptors (Lipinski definition) is 4. The largest absolute Gasteiger partial charge is 0.491 e. The molecule has 0 unspecified atom stereocenters. The molecule has 1 amide bonds. The first-order valence-corrected chi connectivity index (χ1v) is 8.50. The van der Waals surface area contributed by atoms with Crippen molar-refractivity contribution >= 4 is 17.3 Å². The SMILES string of the molecule is CCOCCOc1cccc(NCC(=O)Nc2ccc(C)c(C)c2)c1. The van der Waals surface area contributed by atoms with Gasteiger partial charge in [0, 0.05) is 24.0 Å². The van der Waals surface area contributed by atoms with E-state index in [2.05, 4.69) is 10.6 Å². The molecule has 2 rings (SSSR count). The van der Waals surface area contributed by atoms with Gasteiger partial charge in [0.2, 0.25) is 5.91 Å². The van der Waals surface area contributed by atoms with Gasteiger partial charge in [-0.05, 0) is 56.2 Å². The van der Waals surface area contributed by atoms with Gasteiger partial charge < -0.3 is 20.1 Å². The first-order chi connectivity index (χ1) is 12.1. The third-order valence-electron chi connectivity index (χ3n) is 3.78. The summed E-state index contributed by atoms with van der Waals surface area (Å²) in [6.45, 7) is 7.96. The highest BCUT2D eigenvalue weighted by Gasteiger charge is 2.04. The van der Waals surface area contributed by atoms with Crippen molar-refractivity contribution in [2.24, 2.45) is 0 Å². The monoisotopic (exact) mass is 342 g/mol. The molecular formula is C20H26N2O3. The quantitative estimate of drug-likeness (QED) is 0.681. The molecule has 0 radical (unpaired) electrons. The summed E-state index contributed by atoms with van der Waals surface area (Å²) < 4.78 is 10.9. The highest BCUT2D eigenvalue weighted by molar-refractivity contribution is 5.93. The number of aryl methyl sites for hydroxylation is 2. The summed E-state index contributed by atoms with van der Waals surface area (Å²) in [4.78, 5) is 12.1. The number of nitrogens with one attached hydrogen (secondary N) is 2. The predicted octanol–water partition coefficient (Wildman–Crippen LogP) is 3.77. The van der Waals surface area contributed by atoms with Crippen LogP contribution >= 0.6 is 0 Å². The fourth-order valence-corrected chi connectivity index (χ4v) is 2.27. The van der Waals surface area contributed by atoms with Crippen LogP contribution in [0.2, 0.25) is 0 Å². The lowest BCUT2D eigenvalue weighted by Crippen LogP contribution is -2.21. The summed E-state index contributed by atoms with van der Waals surface area (Å²) in [5, 5.41) is 6.00. The minimum atomic E-state index is -0.0917. The van der Waals surface area contributed by atoms with E-state index in [-0.39, 0.29) is 12.5 Å². The van der Waals surface area contributed by atoms with Crippen molar-refractivity contribution in [1.29, 1.82) is 0 Å². The molecule has 2 aromatic carbocycles. The van der Waals surface area contributed by atoms with E-state index in [1.54, 1.807) is 0 Å². The van der Waals surface area contributed by atoms with Crippen LogP contribution in [0.15, 0.2) is 42.5 Å². The van der Waals surface area contributed by atoms with Crippen molar-refractivity contribution in [2.75, 3.05) is 37.0 Å². The molecule has 0 spiro atoms. The van der Waals surface area contributed by atoms with Crippen LogP contribution in [0.1, 0.15) is 18.1 Å². The Bertz CT molecular complexity index is 701. The Hall–Kier alpha value is -2.53. The topological polar surface area (TPSA) is 59.6 Å². The van der Waals surface area contributed by atoms with Gasteiger partial charge in [-0.2, -0.15) is 0 Å². The Morgan fingerprint density at radius 2 is 1.84 bits per heavy atom. The average Bonchev–Trinajstić information content (AvgIpc) is 2.61. The van der Waals surface area contributed by atoms with E-state index < -0.39 is 0 Å². The predicted molar refractivity (Wildman–Crippen MR) is 101 cm³/mol. The van der Waals surface area contributed by atoms with Gasteiger partial charge in [0.05, 0.1) is 13.2 Å². The zero-order valence-electron chi connectivity index (χ0n) is 15.1. The Morgan fingerprint density at radius 1 is 1.00 bits per heavy atom. The summed E-state index contributed by atoms with van der Waals surface area (Å²) in [5.74, 6) is 0.658. The second-order valence-corrected chi connectivity index (χ2v) is 5.77. The molecule has 0 atom stereocenters. The molecule has 2 aromatic rings. The lowest BCUT2D eigenvalue weighted by atomic mass is 10.1. The van der Waals surface area contributed by atoms with Gasteiger partial charge in [-0.15, -0.1) is 0 Å². The third-order valence-corrected chi connectivity index (χ3v) is 3.78. The number of hydrogen-bond donors (Lipinski definition) is 2. The summed E-state index contributed by atoms with van der Waals surface area (Å²) >= 11 is 0. The van der Waals surface area contributed by atoms with Crippen molar-refractivity contribution in [3.05, 3.63) is 53.6 Å². The summed E-state index contributed by atoms with van der Waals surface area (Å²) in [5.41, 5.74) is 4.01. The Kier molecular flexibility index (Phi) is 7.29. The molecule has 0 aliphatic rings. The molecule has 25 heavy (non-hydrogen) atoms. The van der Waals surface area contributed by atoms with Crippen LogP contribution in [0.4, 0.5) is 11.4 Å². The molecule has 0 saturated carbocycles. The van der Waals surface area contributed by atoms with Crippen LogP contribution < -0.4 is 15.4 Å². The van der Waals surface area contributed by atoms with E-state index >= 15 is 0 Å². The van der Waals surface area contributed by atoms with Crippen molar-refractivity contribution in [2.45, 2.75) is 20.8 Å². The van der Waals surface area contributed by atoms with Gasteiger partial charge in [0.25, 0.3) is 0 Å². The van der Waals surface area contributed by atoms with Gasteiger partial charge in [0.1, 0.15) is 12.4 Å². The molecule has 134 valence electrons. The van der Waals surface area contributed by atoms with Gasteiger partial charge in [-0.3, -0.25) is 4.79 Å². The van der Waals surface area contributed by atoms with Crippen LogP contribution in [-0.4, -0.2) is 32.3 Å². The zero-order chi connectivity index (χ0) is 18.1. The van der Waals surface area contributed by atoms with E-state index in [1.807, 2.05) is 63.2 Å². The summed E-state index contributed by atoms with van der Waals surface area (Å²) in [6.07, 6.45) is 0. The van der Waals surface area contributed by atoms with E-state index in [0.29, 0.717) is 19.8 Å². The van der Waals surface area contributed by atoms with Crippen LogP contribution in [0, 0.1) is 13.8 Å². The number of benzene rings is 2. The molecule has 5 heteroatoms. The first kappa shape index (κ1) is 18.8. The Labute approximate surface area is 149 Å². The number of carbonyl (C=O) groups excluding carboxylic acids is 1. The molecule has 0 saturated heterocycles. The molecular weight excluding hydrogens is 316 g/mol. The highest BCUT2D eigenvalue weighted by Crippen LogP contribution is 2.17. The fourth-order valence-electron chi connectivity index (χ4n) is 2.27. The van der Waals surface area contributed by atoms with E-state index in [9.17, 15) is 4.79 Å². The van der Waals surface area contributed by atoms with Crippen molar-refractivity contribution in [3.8, 4) is 5.75 Å². The van der Waals surface area contributed by atoms with Crippen LogP contribution in [0.3, 0.4) is 0 Å². The number of amides is 1. The maximum Gasteiger partial charge on any atom is 0.243 e. The van der Waals surface area contributed by atoms with E-state index in [0.717, 1.165) is 22.7 Å². The molecule has 0 aliphatic heterocycles. The summed E-state index contributed by atoms with van der Waals surface area (Å²) in [7, 11) is 0. The normalized spacial score (nSPS) is 10.4. The lowest BCUT2D eigenvalue weighted by molar-refractivity contribution is -0.114. The average molecular weight is 342 g/mol. The molecule has 0 fully saturated rings. The van der Waals surface area contributed by atoms with Crippen molar-refractivity contribution in [1.82, 2.24) is 0 Å². The summed E-state index contributed by atoms with van der Waals surface area (Å²) in [6, 6.07) is 13.4. The minimum absolute atomic E-state index is 0.0917. The second kappa shape index (κ2) is 9.69. The van der Waals surface area contributed by atoms with Crippen LogP contribution in [0.25, 0.3) is 0 Å². The third kappa shape index (κ3) is 6.47. The molecule has 0 aliphatic carbocycles. The fraction of sp³-hybridized carbons (Fsp3) is 0.350. The van der Waals surface area contributed by atoms with Crippen LogP contribution in [0.5, 0.6) is 5.75 Å². The Balaban J connectivity index is 1.81. The van der Waals surface area contributed by atoms with Crippen LogP contribution in [-0.2, 0) is 9.53 Å². The number of ether oxygens (including phenoxy) is 2. The minimum Gasteiger partial charge on any atom is -0.491 e. The smallest absolute Gasteiger partial charge is 0.243 e. The maximum absolute atomic E-state index is 12.1. The second-order valence-electron chi connectivity index (χ2n) is 5.77. The van der Waals surface area contributed by atoms with Gasteiger partial charge in [0.15, 0.2) is 0 Å². The molecule has 0 heterocycles. The maximum atomic E-state index is 12.1. The molecule has 0 bridgehead atoms.